The van der Waals surface area contributed by atoms with Crippen molar-refractivity contribution in [1.29, 1.82) is 0 Å². The van der Waals surface area contributed by atoms with Crippen molar-refractivity contribution in [3.63, 3.8) is 0 Å². The Morgan fingerprint density at radius 2 is 1.67 bits per heavy atom. The number of aliphatic hydroxyl groups is 4. The molecule has 18 heavy (non-hydrogen) atoms. The van der Waals surface area contributed by atoms with E-state index < -0.39 is 36.5 Å². The van der Waals surface area contributed by atoms with Crippen LogP contribution in [0.5, 0.6) is 0 Å². The molecule has 0 spiro atoms. The van der Waals surface area contributed by atoms with Crippen LogP contribution in [0.4, 0.5) is 0 Å². The maximum atomic E-state index is 9.85. The van der Waals surface area contributed by atoms with Gasteiger partial charge in [-0.3, -0.25) is 0 Å². The maximum absolute atomic E-state index is 9.85. The number of hydrogen-bond donors (Lipinski definition) is 4. The van der Waals surface area contributed by atoms with Gasteiger partial charge >= 0.3 is 0 Å². The summed E-state index contributed by atoms with van der Waals surface area (Å²) in [5, 5.41) is 38.2. The second kappa shape index (κ2) is 6.01. The predicted molar refractivity (Wildman–Crippen MR) is 66.1 cm³/mol. The summed E-state index contributed by atoms with van der Waals surface area (Å²) in [6.45, 7) is -0.406. The monoisotopic (exact) mass is 272 g/mol. The molecule has 1 aliphatic rings. The summed E-state index contributed by atoms with van der Waals surface area (Å²) in [4.78, 5) is 0.877. The van der Waals surface area contributed by atoms with Crippen LogP contribution in [0.2, 0.25) is 0 Å². The summed E-state index contributed by atoms with van der Waals surface area (Å²) >= 11 is 1.24. The number of hydrogen-bond acceptors (Lipinski definition) is 6. The third-order valence-corrected chi connectivity index (χ3v) is 4.01. The Balaban J connectivity index is 2.08. The first-order chi connectivity index (χ1) is 8.63. The second-order valence-corrected chi connectivity index (χ2v) is 5.30. The number of ether oxygens (including phenoxy) is 1. The third-order valence-electron chi connectivity index (χ3n) is 2.84. The van der Waals surface area contributed by atoms with E-state index in [2.05, 4.69) is 0 Å². The van der Waals surface area contributed by atoms with Crippen LogP contribution in [0.3, 0.4) is 0 Å². The molecule has 2 rings (SSSR count). The van der Waals surface area contributed by atoms with Crippen LogP contribution >= 0.6 is 11.8 Å². The molecule has 0 bridgehead atoms. The topological polar surface area (TPSA) is 90.2 Å². The molecule has 0 saturated carbocycles. The van der Waals surface area contributed by atoms with Gasteiger partial charge in [0.2, 0.25) is 0 Å². The van der Waals surface area contributed by atoms with E-state index in [9.17, 15) is 15.3 Å². The van der Waals surface area contributed by atoms with E-state index >= 15 is 0 Å². The third kappa shape index (κ3) is 2.85. The molecule has 1 aromatic carbocycles. The van der Waals surface area contributed by atoms with Gasteiger partial charge in [0, 0.05) is 4.90 Å². The highest BCUT2D eigenvalue weighted by atomic mass is 32.2. The Hall–Kier alpha value is -0.630. The van der Waals surface area contributed by atoms with Gasteiger partial charge < -0.3 is 25.2 Å². The quantitative estimate of drug-likeness (QED) is 0.597. The first-order valence-electron chi connectivity index (χ1n) is 5.65. The summed E-state index contributed by atoms with van der Waals surface area (Å²) in [6, 6.07) is 9.29. The largest absolute Gasteiger partial charge is 0.394 e. The molecule has 0 aliphatic carbocycles. The number of rotatable bonds is 3. The van der Waals surface area contributed by atoms with Crippen molar-refractivity contribution in [2.75, 3.05) is 6.61 Å². The van der Waals surface area contributed by atoms with Gasteiger partial charge in [0.15, 0.2) is 0 Å². The van der Waals surface area contributed by atoms with Gasteiger partial charge in [0.25, 0.3) is 0 Å². The van der Waals surface area contributed by atoms with E-state index in [1.807, 2.05) is 30.3 Å². The zero-order valence-corrected chi connectivity index (χ0v) is 10.4. The van der Waals surface area contributed by atoms with Gasteiger partial charge in [-0.15, -0.1) is 0 Å². The lowest BCUT2D eigenvalue weighted by Gasteiger charge is -2.39. The lowest BCUT2D eigenvalue weighted by molar-refractivity contribution is -0.205. The predicted octanol–water partition coefficient (Wildman–Crippen LogP) is -0.421. The molecule has 0 aromatic heterocycles. The van der Waals surface area contributed by atoms with Crippen LogP contribution in [-0.2, 0) is 4.74 Å². The van der Waals surface area contributed by atoms with Crippen LogP contribution in [-0.4, -0.2) is 56.9 Å². The van der Waals surface area contributed by atoms with Crippen molar-refractivity contribution >= 4 is 11.8 Å². The van der Waals surface area contributed by atoms with Crippen LogP contribution < -0.4 is 0 Å². The molecule has 0 radical (unpaired) electrons. The van der Waals surface area contributed by atoms with E-state index in [4.69, 9.17) is 9.84 Å². The fraction of sp³-hybridized carbons (Fsp3) is 0.500. The molecule has 6 heteroatoms. The number of aliphatic hydroxyl groups excluding tert-OH is 4. The molecule has 100 valence electrons. The lowest BCUT2D eigenvalue weighted by Crippen LogP contribution is -2.57. The van der Waals surface area contributed by atoms with E-state index in [-0.39, 0.29) is 0 Å². The number of benzene rings is 1. The molecule has 1 aromatic rings. The molecule has 5 atom stereocenters. The fourth-order valence-corrected chi connectivity index (χ4v) is 2.88. The zero-order chi connectivity index (χ0) is 13.1. The van der Waals surface area contributed by atoms with Crippen LogP contribution in [0, 0.1) is 0 Å². The van der Waals surface area contributed by atoms with Gasteiger partial charge in [0.05, 0.1) is 6.61 Å². The fourth-order valence-electron chi connectivity index (χ4n) is 1.80. The molecule has 4 N–H and O–H groups in total. The van der Waals surface area contributed by atoms with Crippen molar-refractivity contribution in [3.05, 3.63) is 30.3 Å². The van der Waals surface area contributed by atoms with Crippen molar-refractivity contribution in [3.8, 4) is 0 Å². The highest BCUT2D eigenvalue weighted by Gasteiger charge is 2.43. The lowest BCUT2D eigenvalue weighted by atomic mass is 10.0. The minimum Gasteiger partial charge on any atom is -0.394 e. The van der Waals surface area contributed by atoms with Crippen molar-refractivity contribution in [2.45, 2.75) is 34.7 Å². The van der Waals surface area contributed by atoms with Crippen LogP contribution in [0.15, 0.2) is 35.2 Å². The highest BCUT2D eigenvalue weighted by molar-refractivity contribution is 7.99. The average Bonchev–Trinajstić information content (AvgIpc) is 2.40. The van der Waals surface area contributed by atoms with Gasteiger partial charge in [-0.05, 0) is 12.1 Å². The highest BCUT2D eigenvalue weighted by Crippen LogP contribution is 2.32. The van der Waals surface area contributed by atoms with Gasteiger partial charge in [-0.25, -0.2) is 0 Å². The SMILES string of the molecule is OC[C@@H]1O[C@H](Sc2ccccc2)[C@H](O)[C@H](O)[C@@H]1O. The molecule has 1 saturated heterocycles. The normalized spacial score (nSPS) is 36.6. The molecule has 1 heterocycles. The first-order valence-corrected chi connectivity index (χ1v) is 6.53. The van der Waals surface area contributed by atoms with Gasteiger partial charge in [-0.1, -0.05) is 30.0 Å². The summed E-state index contributed by atoms with van der Waals surface area (Å²) < 4.78 is 5.39. The Morgan fingerprint density at radius 3 is 2.28 bits per heavy atom. The maximum Gasteiger partial charge on any atom is 0.136 e. The Bertz CT molecular complexity index is 372. The molecule has 0 unspecified atom stereocenters. The summed E-state index contributed by atoms with van der Waals surface area (Å²) in [7, 11) is 0. The summed E-state index contributed by atoms with van der Waals surface area (Å²) in [5.74, 6) is 0. The van der Waals surface area contributed by atoms with E-state index in [1.165, 1.54) is 11.8 Å². The minimum atomic E-state index is -1.32. The van der Waals surface area contributed by atoms with E-state index in [0.29, 0.717) is 0 Å². The van der Waals surface area contributed by atoms with Crippen LogP contribution in [0.1, 0.15) is 0 Å². The van der Waals surface area contributed by atoms with Crippen LogP contribution in [0.25, 0.3) is 0 Å². The van der Waals surface area contributed by atoms with Gasteiger partial charge in [0.1, 0.15) is 29.9 Å². The Kier molecular flexibility index (Phi) is 4.60. The standard InChI is InChI=1S/C12H16O5S/c13-6-8-9(14)10(15)11(16)12(17-8)18-7-4-2-1-3-5-7/h1-5,8-16H,6H2/t8-,9+,10+,11+,12+/m0/s1. The van der Waals surface area contributed by atoms with E-state index in [0.717, 1.165) is 4.90 Å². The first kappa shape index (κ1) is 13.8. The van der Waals surface area contributed by atoms with E-state index in [1.54, 1.807) is 0 Å². The molecular formula is C12H16O5S. The van der Waals surface area contributed by atoms with Gasteiger partial charge in [-0.2, -0.15) is 0 Å². The summed E-state index contributed by atoms with van der Waals surface area (Å²) in [6.07, 6.45) is -4.69. The van der Waals surface area contributed by atoms with Crippen molar-refractivity contribution in [1.82, 2.24) is 0 Å². The Morgan fingerprint density at radius 1 is 1.00 bits per heavy atom. The smallest absolute Gasteiger partial charge is 0.136 e. The minimum absolute atomic E-state index is 0.406. The molecule has 5 nitrogen and oxygen atoms in total. The molecular weight excluding hydrogens is 256 g/mol. The van der Waals surface area contributed by atoms with Crippen molar-refractivity contribution < 1.29 is 25.2 Å². The second-order valence-electron chi connectivity index (χ2n) is 4.13. The van der Waals surface area contributed by atoms with Crippen molar-refractivity contribution in [2.24, 2.45) is 0 Å². The Labute approximate surface area is 109 Å². The molecule has 1 aliphatic heterocycles. The summed E-state index contributed by atoms with van der Waals surface area (Å²) in [5.41, 5.74) is -0.719. The zero-order valence-electron chi connectivity index (χ0n) is 9.59. The number of thioether (sulfide) groups is 1. The molecule has 1 fully saturated rings. The molecule has 0 amide bonds. The average molecular weight is 272 g/mol.